The zero-order chi connectivity index (χ0) is 19.3. The molecule has 3 aromatic rings. The summed E-state index contributed by atoms with van der Waals surface area (Å²) in [6.07, 6.45) is 2.84. The standard InChI is InChI=1S/C21H21BrN4S2/c22-18-11-10-17(28-18)20-19(16-9-4-5-12-24-16)25-21(27)26(20)14-6-13-23-15-7-2-1-3-8-15/h1-5,7-12,19-20,23H,6,13-14H2,(H,25,27)/t19-,20+/m1/s1. The van der Waals surface area contributed by atoms with Gasteiger partial charge in [-0.1, -0.05) is 24.3 Å². The van der Waals surface area contributed by atoms with Crippen LogP contribution in [0.3, 0.4) is 0 Å². The van der Waals surface area contributed by atoms with E-state index in [-0.39, 0.29) is 12.1 Å². The number of hydrogen-bond donors (Lipinski definition) is 2. The minimum absolute atomic E-state index is 0.0568. The summed E-state index contributed by atoms with van der Waals surface area (Å²) in [7, 11) is 0. The van der Waals surface area contributed by atoms with Gasteiger partial charge in [-0.15, -0.1) is 11.3 Å². The van der Waals surface area contributed by atoms with E-state index in [0.717, 1.165) is 39.8 Å². The van der Waals surface area contributed by atoms with Crippen LogP contribution in [0.5, 0.6) is 0 Å². The van der Waals surface area contributed by atoms with Gasteiger partial charge in [0.05, 0.1) is 21.6 Å². The molecule has 0 aliphatic carbocycles. The van der Waals surface area contributed by atoms with Crippen molar-refractivity contribution in [1.82, 2.24) is 15.2 Å². The normalized spacial score (nSPS) is 18.9. The second-order valence-electron chi connectivity index (χ2n) is 6.61. The molecule has 0 saturated carbocycles. The Morgan fingerprint density at radius 3 is 2.64 bits per heavy atom. The maximum Gasteiger partial charge on any atom is 0.170 e. The fraction of sp³-hybridized carbons (Fsp3) is 0.238. The highest BCUT2D eigenvalue weighted by molar-refractivity contribution is 9.11. The molecule has 0 spiro atoms. The van der Waals surface area contributed by atoms with Crippen molar-refractivity contribution >= 4 is 50.3 Å². The number of hydrogen-bond acceptors (Lipinski definition) is 4. The Hall–Kier alpha value is -1.96. The summed E-state index contributed by atoms with van der Waals surface area (Å²) < 4.78 is 1.13. The van der Waals surface area contributed by atoms with E-state index < -0.39 is 0 Å². The fourth-order valence-electron chi connectivity index (χ4n) is 3.48. The van der Waals surface area contributed by atoms with E-state index in [2.05, 4.69) is 66.8 Å². The predicted octanol–water partition coefficient (Wildman–Crippen LogP) is 5.38. The maximum atomic E-state index is 5.70. The topological polar surface area (TPSA) is 40.2 Å². The molecular formula is C21H21BrN4S2. The van der Waals surface area contributed by atoms with E-state index in [9.17, 15) is 0 Å². The van der Waals surface area contributed by atoms with Crippen LogP contribution in [0.4, 0.5) is 5.69 Å². The Labute approximate surface area is 183 Å². The number of thiophene rings is 1. The second kappa shape index (κ2) is 9.03. The molecule has 3 heterocycles. The van der Waals surface area contributed by atoms with Crippen molar-refractivity contribution in [2.45, 2.75) is 18.5 Å². The van der Waals surface area contributed by atoms with Gasteiger partial charge in [0.2, 0.25) is 0 Å². The molecule has 0 bridgehead atoms. The van der Waals surface area contributed by atoms with Crippen LogP contribution < -0.4 is 10.6 Å². The number of aromatic nitrogens is 1. The van der Waals surface area contributed by atoms with E-state index in [1.54, 1.807) is 11.3 Å². The quantitative estimate of drug-likeness (QED) is 0.356. The summed E-state index contributed by atoms with van der Waals surface area (Å²) in [5.74, 6) is 0. The molecule has 2 N–H and O–H groups in total. The zero-order valence-electron chi connectivity index (χ0n) is 15.2. The Balaban J connectivity index is 1.48. The minimum Gasteiger partial charge on any atom is -0.385 e. The van der Waals surface area contributed by atoms with Crippen LogP contribution in [0.25, 0.3) is 0 Å². The second-order valence-corrected chi connectivity index (χ2v) is 9.49. The predicted molar refractivity (Wildman–Crippen MR) is 124 cm³/mol. The molecule has 1 aromatic carbocycles. The molecule has 1 saturated heterocycles. The van der Waals surface area contributed by atoms with Gasteiger partial charge in [-0.25, -0.2) is 0 Å². The molecule has 1 aliphatic heterocycles. The van der Waals surface area contributed by atoms with Gasteiger partial charge in [0.25, 0.3) is 0 Å². The molecule has 2 aromatic heterocycles. The van der Waals surface area contributed by atoms with Crippen LogP contribution in [0.2, 0.25) is 0 Å². The number of para-hydroxylation sites is 1. The first-order valence-corrected chi connectivity index (χ1v) is 11.3. The Bertz CT molecular complexity index is 916. The molecule has 144 valence electrons. The van der Waals surface area contributed by atoms with Crippen molar-refractivity contribution in [3.8, 4) is 0 Å². The largest absolute Gasteiger partial charge is 0.385 e. The molecule has 2 atom stereocenters. The van der Waals surface area contributed by atoms with Crippen LogP contribution in [0.1, 0.15) is 29.1 Å². The van der Waals surface area contributed by atoms with E-state index in [1.807, 2.05) is 36.5 Å². The molecule has 7 heteroatoms. The van der Waals surface area contributed by atoms with Crippen LogP contribution in [-0.2, 0) is 0 Å². The molecule has 1 aliphatic rings. The summed E-state index contributed by atoms with van der Waals surface area (Å²) in [6.45, 7) is 1.79. The van der Waals surface area contributed by atoms with Gasteiger partial charge < -0.3 is 15.5 Å². The van der Waals surface area contributed by atoms with Gasteiger partial charge in [-0.2, -0.15) is 0 Å². The van der Waals surface area contributed by atoms with Crippen LogP contribution >= 0.6 is 39.5 Å². The first-order valence-electron chi connectivity index (χ1n) is 9.24. The van der Waals surface area contributed by atoms with Gasteiger partial charge in [0.15, 0.2) is 5.11 Å². The number of nitrogens with zero attached hydrogens (tertiary/aromatic N) is 2. The lowest BCUT2D eigenvalue weighted by molar-refractivity contribution is 0.320. The average molecular weight is 473 g/mol. The fourth-order valence-corrected chi connectivity index (χ4v) is 5.39. The van der Waals surface area contributed by atoms with Gasteiger partial charge in [-0.05, 0) is 71.0 Å². The highest BCUT2D eigenvalue weighted by atomic mass is 79.9. The number of nitrogens with one attached hydrogen (secondary N) is 2. The number of benzene rings is 1. The van der Waals surface area contributed by atoms with Crippen LogP contribution in [-0.4, -0.2) is 28.1 Å². The number of pyridine rings is 1. The van der Waals surface area contributed by atoms with Crippen molar-refractivity contribution in [2.24, 2.45) is 0 Å². The summed E-state index contributed by atoms with van der Waals surface area (Å²) in [5.41, 5.74) is 2.17. The Kier molecular flexibility index (Phi) is 6.24. The molecule has 4 nitrogen and oxygen atoms in total. The third-order valence-corrected chi connectivity index (χ3v) is 6.81. The summed E-state index contributed by atoms with van der Waals surface area (Å²) >= 11 is 11.1. The molecule has 0 radical (unpaired) electrons. The molecule has 0 unspecified atom stereocenters. The van der Waals surface area contributed by atoms with E-state index in [1.165, 1.54) is 4.88 Å². The van der Waals surface area contributed by atoms with Gasteiger partial charge in [0.1, 0.15) is 0 Å². The Morgan fingerprint density at radius 1 is 1.11 bits per heavy atom. The molecule has 0 amide bonds. The van der Waals surface area contributed by atoms with Gasteiger partial charge in [0, 0.05) is 29.9 Å². The van der Waals surface area contributed by atoms with E-state index >= 15 is 0 Å². The number of thiocarbonyl (C=S) groups is 1. The molecule has 4 rings (SSSR count). The van der Waals surface area contributed by atoms with E-state index in [4.69, 9.17) is 12.2 Å². The lowest BCUT2D eigenvalue weighted by atomic mass is 10.0. The number of rotatable bonds is 7. The number of anilines is 1. The van der Waals surface area contributed by atoms with E-state index in [0.29, 0.717) is 0 Å². The SMILES string of the molecule is S=C1N[C@H](c2ccccn2)[C@H](c2ccc(Br)s2)N1CCCNc1ccccc1. The average Bonchev–Trinajstić information content (AvgIpc) is 3.29. The van der Waals surface area contributed by atoms with Crippen molar-refractivity contribution in [2.75, 3.05) is 18.4 Å². The highest BCUT2D eigenvalue weighted by Crippen LogP contribution is 2.42. The molecule has 28 heavy (non-hydrogen) atoms. The highest BCUT2D eigenvalue weighted by Gasteiger charge is 2.40. The van der Waals surface area contributed by atoms with Crippen LogP contribution in [0.15, 0.2) is 70.6 Å². The first-order chi connectivity index (χ1) is 13.7. The molecular weight excluding hydrogens is 452 g/mol. The molecule has 1 fully saturated rings. The van der Waals surface area contributed by atoms with Gasteiger partial charge in [-0.3, -0.25) is 4.98 Å². The van der Waals surface area contributed by atoms with Crippen molar-refractivity contribution in [3.05, 3.63) is 81.2 Å². The number of halogens is 1. The van der Waals surface area contributed by atoms with Crippen molar-refractivity contribution < 1.29 is 0 Å². The lowest BCUT2D eigenvalue weighted by Crippen LogP contribution is -2.31. The third-order valence-electron chi connectivity index (χ3n) is 4.76. The van der Waals surface area contributed by atoms with Crippen LogP contribution in [0, 0.1) is 0 Å². The third kappa shape index (κ3) is 4.37. The first kappa shape index (κ1) is 19.4. The van der Waals surface area contributed by atoms with Crippen molar-refractivity contribution in [3.63, 3.8) is 0 Å². The smallest absolute Gasteiger partial charge is 0.170 e. The van der Waals surface area contributed by atoms with Gasteiger partial charge >= 0.3 is 0 Å². The monoisotopic (exact) mass is 472 g/mol. The maximum absolute atomic E-state index is 5.70. The summed E-state index contributed by atoms with van der Waals surface area (Å²) in [4.78, 5) is 8.17. The summed E-state index contributed by atoms with van der Waals surface area (Å²) in [6, 6.07) is 20.8. The summed E-state index contributed by atoms with van der Waals surface area (Å²) in [5, 5.41) is 7.78. The zero-order valence-corrected chi connectivity index (χ0v) is 18.4. The lowest BCUT2D eigenvalue weighted by Gasteiger charge is -2.27. The minimum atomic E-state index is 0.0568. The van der Waals surface area contributed by atoms with Crippen molar-refractivity contribution in [1.29, 1.82) is 0 Å². The Morgan fingerprint density at radius 2 is 1.93 bits per heavy atom.